The minimum atomic E-state index is -0.0264. The van der Waals surface area contributed by atoms with Crippen LogP contribution in [0.3, 0.4) is 0 Å². The van der Waals surface area contributed by atoms with Crippen molar-refractivity contribution in [3.05, 3.63) is 12.0 Å². The van der Waals surface area contributed by atoms with Gasteiger partial charge in [-0.15, -0.1) is 0 Å². The summed E-state index contributed by atoms with van der Waals surface area (Å²) in [5.41, 5.74) is 2.72. The molecule has 7 heavy (non-hydrogen) atoms. The van der Waals surface area contributed by atoms with E-state index in [9.17, 15) is 0 Å². The molecular weight excluding hydrogens is 107 g/mol. The van der Waals surface area contributed by atoms with Crippen LogP contribution in [0.1, 0.15) is 0 Å². The summed E-state index contributed by atoms with van der Waals surface area (Å²) < 4.78 is 0. The van der Waals surface area contributed by atoms with Gasteiger partial charge in [-0.05, 0) is 20.4 Å². The van der Waals surface area contributed by atoms with E-state index in [0.29, 0.717) is 0 Å². The third-order valence-corrected chi connectivity index (χ3v) is 1.80. The van der Waals surface area contributed by atoms with Gasteiger partial charge in [0.1, 0.15) is 0 Å². The van der Waals surface area contributed by atoms with Gasteiger partial charge in [0.2, 0.25) is 0 Å². The molecular formula is C4H7N2P. The Labute approximate surface area is 44.1 Å². The van der Waals surface area contributed by atoms with Gasteiger partial charge in [-0.1, -0.05) is 0 Å². The quantitative estimate of drug-likeness (QED) is 0.469. The van der Waals surface area contributed by atoms with Gasteiger partial charge in [-0.2, -0.15) is 5.10 Å². The number of hydrazone groups is 1. The second-order valence-electron chi connectivity index (χ2n) is 1.35. The van der Waals surface area contributed by atoms with E-state index in [1.807, 2.05) is 12.2 Å². The van der Waals surface area contributed by atoms with Crippen LogP contribution in [0.5, 0.6) is 0 Å². The lowest BCUT2D eigenvalue weighted by molar-refractivity contribution is 0.978. The summed E-state index contributed by atoms with van der Waals surface area (Å²) >= 11 is 0. The molecule has 1 atom stereocenters. The van der Waals surface area contributed by atoms with Crippen molar-refractivity contribution in [2.45, 2.75) is 0 Å². The standard InChI is InChI=1S/C4H7N2P/c1-7-3-2-5-6-4-7/h2-5H,1H3. The van der Waals surface area contributed by atoms with E-state index in [4.69, 9.17) is 0 Å². The highest BCUT2D eigenvalue weighted by molar-refractivity contribution is 7.74. The van der Waals surface area contributed by atoms with E-state index < -0.39 is 0 Å². The average Bonchev–Trinajstić information content (AvgIpc) is 1.69. The van der Waals surface area contributed by atoms with Gasteiger partial charge in [-0.25, -0.2) is 0 Å². The molecule has 1 N–H and O–H groups in total. The first-order chi connectivity index (χ1) is 3.39. The molecule has 0 radical (unpaired) electrons. The van der Waals surface area contributed by atoms with Crippen molar-refractivity contribution in [2.75, 3.05) is 6.66 Å². The molecule has 0 saturated carbocycles. The van der Waals surface area contributed by atoms with E-state index in [-0.39, 0.29) is 7.92 Å². The van der Waals surface area contributed by atoms with Crippen molar-refractivity contribution in [3.63, 3.8) is 0 Å². The van der Waals surface area contributed by atoms with Crippen molar-refractivity contribution in [1.82, 2.24) is 5.43 Å². The van der Waals surface area contributed by atoms with Crippen molar-refractivity contribution >= 4 is 13.9 Å². The fourth-order valence-corrected chi connectivity index (χ4v) is 0.984. The summed E-state index contributed by atoms with van der Waals surface area (Å²) in [6.07, 6.45) is 1.87. The molecule has 1 aliphatic rings. The first-order valence-electron chi connectivity index (χ1n) is 2.07. The van der Waals surface area contributed by atoms with Crippen LogP contribution in [-0.2, 0) is 0 Å². The largest absolute Gasteiger partial charge is 0.286 e. The van der Waals surface area contributed by atoms with Crippen LogP contribution in [-0.4, -0.2) is 12.6 Å². The molecule has 3 heteroatoms. The van der Waals surface area contributed by atoms with Crippen molar-refractivity contribution in [1.29, 1.82) is 0 Å². The smallest absolute Gasteiger partial charge is 0.0514 e. The predicted octanol–water partition coefficient (Wildman–Crippen LogP) is 1.12. The maximum Gasteiger partial charge on any atom is 0.0514 e. The van der Waals surface area contributed by atoms with Crippen LogP contribution in [0, 0.1) is 0 Å². The Kier molecular flexibility index (Phi) is 1.42. The minimum absolute atomic E-state index is 0.0264. The highest BCUT2D eigenvalue weighted by Crippen LogP contribution is 2.28. The lowest BCUT2D eigenvalue weighted by atomic mass is 11.1. The molecule has 1 aliphatic heterocycles. The van der Waals surface area contributed by atoms with E-state index in [0.717, 1.165) is 0 Å². The highest BCUT2D eigenvalue weighted by atomic mass is 31.1. The summed E-state index contributed by atoms with van der Waals surface area (Å²) in [5, 5.41) is 3.83. The van der Waals surface area contributed by atoms with Crippen molar-refractivity contribution in [3.8, 4) is 0 Å². The van der Waals surface area contributed by atoms with E-state index in [2.05, 4.69) is 23.0 Å². The van der Waals surface area contributed by atoms with Crippen LogP contribution < -0.4 is 5.43 Å². The fraction of sp³-hybridized carbons (Fsp3) is 0.250. The molecule has 0 spiro atoms. The Bertz CT molecular complexity index is 96.3. The molecule has 0 aromatic heterocycles. The van der Waals surface area contributed by atoms with Crippen molar-refractivity contribution in [2.24, 2.45) is 5.10 Å². The van der Waals surface area contributed by atoms with Gasteiger partial charge in [0.15, 0.2) is 0 Å². The fourth-order valence-electron chi connectivity index (χ4n) is 0.357. The zero-order chi connectivity index (χ0) is 5.11. The van der Waals surface area contributed by atoms with Gasteiger partial charge in [-0.3, -0.25) is 5.43 Å². The predicted molar refractivity (Wildman–Crippen MR) is 33.6 cm³/mol. The van der Waals surface area contributed by atoms with E-state index in [1.54, 1.807) is 0 Å². The third-order valence-electron chi connectivity index (χ3n) is 0.699. The Morgan fingerprint density at radius 1 is 1.71 bits per heavy atom. The van der Waals surface area contributed by atoms with Crippen LogP contribution in [0.25, 0.3) is 0 Å². The van der Waals surface area contributed by atoms with Gasteiger partial charge in [0, 0.05) is 6.20 Å². The molecule has 1 heterocycles. The molecule has 0 saturated heterocycles. The zero-order valence-corrected chi connectivity index (χ0v) is 5.02. The lowest BCUT2D eigenvalue weighted by Crippen LogP contribution is -1.95. The van der Waals surface area contributed by atoms with Crippen LogP contribution in [0.4, 0.5) is 0 Å². The third kappa shape index (κ3) is 1.28. The number of hydrogen-bond donors (Lipinski definition) is 1. The van der Waals surface area contributed by atoms with Crippen molar-refractivity contribution < 1.29 is 0 Å². The lowest BCUT2D eigenvalue weighted by Gasteiger charge is -2.01. The average molecular weight is 114 g/mol. The summed E-state index contributed by atoms with van der Waals surface area (Å²) in [5.74, 6) is 4.04. The normalized spacial score (nSPS) is 27.3. The molecule has 38 valence electrons. The molecule has 2 nitrogen and oxygen atoms in total. The minimum Gasteiger partial charge on any atom is -0.286 e. The summed E-state index contributed by atoms with van der Waals surface area (Å²) in [6, 6.07) is 0. The van der Waals surface area contributed by atoms with Gasteiger partial charge >= 0.3 is 0 Å². The van der Waals surface area contributed by atoms with Gasteiger partial charge in [0.25, 0.3) is 0 Å². The van der Waals surface area contributed by atoms with E-state index >= 15 is 0 Å². The van der Waals surface area contributed by atoms with Crippen LogP contribution >= 0.6 is 7.92 Å². The number of rotatable bonds is 0. The molecule has 1 unspecified atom stereocenters. The number of hydrogen-bond acceptors (Lipinski definition) is 2. The molecule has 0 amide bonds. The summed E-state index contributed by atoms with van der Waals surface area (Å²) in [7, 11) is -0.0264. The maximum absolute atomic E-state index is 3.83. The molecule has 0 aliphatic carbocycles. The molecule has 0 fully saturated rings. The molecule has 0 aromatic rings. The second-order valence-corrected chi connectivity index (χ2v) is 3.21. The first kappa shape index (κ1) is 4.79. The topological polar surface area (TPSA) is 24.4 Å². The summed E-state index contributed by atoms with van der Waals surface area (Å²) in [6.45, 7) is 2.15. The molecule has 1 rings (SSSR count). The van der Waals surface area contributed by atoms with E-state index in [1.165, 1.54) is 0 Å². The molecule has 0 bridgehead atoms. The van der Waals surface area contributed by atoms with Gasteiger partial charge in [0.05, 0.1) is 5.96 Å². The summed E-state index contributed by atoms with van der Waals surface area (Å²) in [4.78, 5) is 0. The Morgan fingerprint density at radius 2 is 2.57 bits per heavy atom. The monoisotopic (exact) mass is 114 g/mol. The highest BCUT2D eigenvalue weighted by Gasteiger charge is 1.90. The first-order valence-corrected chi connectivity index (χ1v) is 3.99. The SMILES string of the molecule is CP1C=CNN=C1. The second kappa shape index (κ2) is 2.08. The molecule has 0 aromatic carbocycles. The Balaban J connectivity index is 2.49. The van der Waals surface area contributed by atoms with Crippen LogP contribution in [0.15, 0.2) is 17.1 Å². The Hall–Kier alpha value is -0.360. The zero-order valence-electron chi connectivity index (χ0n) is 4.13. The number of nitrogens with zero attached hydrogens (tertiary/aromatic N) is 1. The number of nitrogens with one attached hydrogen (secondary N) is 1. The van der Waals surface area contributed by atoms with Crippen LogP contribution in [0.2, 0.25) is 0 Å². The van der Waals surface area contributed by atoms with Gasteiger partial charge < -0.3 is 0 Å². The maximum atomic E-state index is 3.83. The Morgan fingerprint density at radius 3 is 2.86 bits per heavy atom.